The van der Waals surface area contributed by atoms with Crippen molar-refractivity contribution in [3.8, 4) is 10.8 Å². The van der Waals surface area contributed by atoms with Gasteiger partial charge >= 0.3 is 5.97 Å². The number of oxazole rings is 1. The summed E-state index contributed by atoms with van der Waals surface area (Å²) in [6.07, 6.45) is 1.95. The molecule has 0 bridgehead atoms. The lowest BCUT2D eigenvalue weighted by Crippen LogP contribution is -1.98. The molecule has 0 aliphatic heterocycles. The molecule has 1 fully saturated rings. The summed E-state index contributed by atoms with van der Waals surface area (Å²) in [4.78, 5) is 16.0. The molecule has 1 aliphatic rings. The van der Waals surface area contributed by atoms with Crippen molar-refractivity contribution < 1.29 is 14.3 Å². The van der Waals surface area contributed by atoms with Crippen molar-refractivity contribution in [1.29, 1.82) is 0 Å². The zero-order valence-electron chi connectivity index (χ0n) is 8.64. The normalized spacial score (nSPS) is 15.1. The molecule has 0 aromatic carbocycles. The van der Waals surface area contributed by atoms with Gasteiger partial charge in [0.05, 0.1) is 10.7 Å². The average Bonchev–Trinajstić information content (AvgIpc) is 2.88. The number of carbonyl (C=O) groups is 1. The van der Waals surface area contributed by atoms with Gasteiger partial charge in [0.2, 0.25) is 11.7 Å². The second kappa shape index (κ2) is 3.85. The molecular weight excluding hydrogens is 262 g/mol. The number of nitrogens with zero attached hydrogens (tertiary/aromatic N) is 1. The van der Waals surface area contributed by atoms with Crippen LogP contribution >= 0.6 is 22.9 Å². The van der Waals surface area contributed by atoms with Crippen molar-refractivity contribution >= 4 is 28.9 Å². The van der Waals surface area contributed by atoms with E-state index >= 15 is 0 Å². The summed E-state index contributed by atoms with van der Waals surface area (Å²) in [6, 6.07) is 1.74. The van der Waals surface area contributed by atoms with E-state index in [1.807, 2.05) is 5.38 Å². The van der Waals surface area contributed by atoms with Gasteiger partial charge in [0.25, 0.3) is 0 Å². The van der Waals surface area contributed by atoms with Crippen LogP contribution in [0.4, 0.5) is 0 Å². The summed E-state index contributed by atoms with van der Waals surface area (Å²) >= 11 is 7.36. The Labute approximate surface area is 106 Å². The molecule has 6 heteroatoms. The first kappa shape index (κ1) is 10.8. The van der Waals surface area contributed by atoms with E-state index in [9.17, 15) is 4.79 Å². The lowest BCUT2D eigenvalue weighted by Gasteiger charge is -1.90. The molecule has 0 amide bonds. The summed E-state index contributed by atoms with van der Waals surface area (Å²) in [5, 5.41) is 11.4. The van der Waals surface area contributed by atoms with Crippen LogP contribution in [0.1, 0.15) is 35.0 Å². The predicted molar refractivity (Wildman–Crippen MR) is 63.8 cm³/mol. The van der Waals surface area contributed by atoms with Crippen LogP contribution in [-0.2, 0) is 0 Å². The van der Waals surface area contributed by atoms with Crippen molar-refractivity contribution in [2.24, 2.45) is 0 Å². The van der Waals surface area contributed by atoms with Crippen LogP contribution in [0.5, 0.6) is 0 Å². The van der Waals surface area contributed by atoms with Crippen LogP contribution < -0.4 is 0 Å². The van der Waals surface area contributed by atoms with Crippen molar-refractivity contribution in [3.05, 3.63) is 27.9 Å². The Bertz CT molecular complexity index is 585. The smallest absolute Gasteiger partial charge is 0.373 e. The second-order valence-corrected chi connectivity index (χ2v) is 5.23. The van der Waals surface area contributed by atoms with Crippen LogP contribution in [0.15, 0.2) is 15.9 Å². The number of halogens is 1. The molecule has 4 nitrogen and oxygen atoms in total. The first-order valence-electron chi connectivity index (χ1n) is 5.14. The molecule has 2 aromatic heterocycles. The standard InChI is InChI=1S/C11H8ClNO3S/c12-6-3-4-17-9(6)10-13-7(5-1-2-5)8(16-10)11(14)15/h3-5H,1-2H2,(H,14,15). The molecule has 17 heavy (non-hydrogen) atoms. The summed E-state index contributed by atoms with van der Waals surface area (Å²) in [6.45, 7) is 0. The van der Waals surface area contributed by atoms with Gasteiger partial charge in [-0.2, -0.15) is 0 Å². The summed E-state index contributed by atoms with van der Waals surface area (Å²) in [5.74, 6) is -0.577. The number of carboxylic acid groups (broad SMARTS) is 1. The molecule has 0 spiro atoms. The third-order valence-corrected chi connectivity index (χ3v) is 3.95. The van der Waals surface area contributed by atoms with E-state index in [4.69, 9.17) is 21.1 Å². The van der Waals surface area contributed by atoms with Crippen molar-refractivity contribution in [2.45, 2.75) is 18.8 Å². The van der Waals surface area contributed by atoms with E-state index in [1.165, 1.54) is 11.3 Å². The molecular formula is C11H8ClNO3S. The Morgan fingerprint density at radius 2 is 2.35 bits per heavy atom. The number of aromatic carboxylic acids is 1. The van der Waals surface area contributed by atoms with E-state index in [0.717, 1.165) is 12.8 Å². The number of carboxylic acids is 1. The summed E-state index contributed by atoms with van der Waals surface area (Å²) in [7, 11) is 0. The van der Waals surface area contributed by atoms with Crippen LogP contribution in [0.25, 0.3) is 10.8 Å². The third-order valence-electron chi connectivity index (χ3n) is 2.62. The molecule has 0 saturated heterocycles. The molecule has 0 atom stereocenters. The molecule has 1 saturated carbocycles. The van der Waals surface area contributed by atoms with Gasteiger partial charge < -0.3 is 9.52 Å². The maximum absolute atomic E-state index is 11.1. The minimum atomic E-state index is -1.07. The Hall–Kier alpha value is -1.33. The van der Waals surface area contributed by atoms with E-state index in [-0.39, 0.29) is 11.7 Å². The van der Waals surface area contributed by atoms with Crippen molar-refractivity contribution in [2.75, 3.05) is 0 Å². The van der Waals surface area contributed by atoms with Crippen LogP contribution in [0.2, 0.25) is 5.02 Å². The maximum atomic E-state index is 11.1. The molecule has 2 aromatic rings. The third kappa shape index (κ3) is 1.85. The van der Waals surface area contributed by atoms with Gasteiger partial charge in [-0.15, -0.1) is 11.3 Å². The largest absolute Gasteiger partial charge is 0.475 e. The lowest BCUT2D eigenvalue weighted by molar-refractivity contribution is 0.0661. The highest BCUT2D eigenvalue weighted by atomic mass is 35.5. The fourth-order valence-corrected chi connectivity index (χ4v) is 2.72. The monoisotopic (exact) mass is 269 g/mol. The van der Waals surface area contributed by atoms with Crippen molar-refractivity contribution in [3.63, 3.8) is 0 Å². The molecule has 3 rings (SSSR count). The first-order chi connectivity index (χ1) is 8.16. The van der Waals surface area contributed by atoms with Gasteiger partial charge in [-0.1, -0.05) is 11.6 Å². The number of hydrogen-bond acceptors (Lipinski definition) is 4. The van der Waals surface area contributed by atoms with Crippen LogP contribution in [0.3, 0.4) is 0 Å². The van der Waals surface area contributed by atoms with E-state index in [0.29, 0.717) is 21.5 Å². The Balaban J connectivity index is 2.10. The molecule has 0 unspecified atom stereocenters. The van der Waals surface area contributed by atoms with Gasteiger partial charge in [-0.25, -0.2) is 9.78 Å². The number of rotatable bonds is 3. The van der Waals surface area contributed by atoms with Gasteiger partial charge in [0, 0.05) is 5.92 Å². The fraction of sp³-hybridized carbons (Fsp3) is 0.273. The highest BCUT2D eigenvalue weighted by Gasteiger charge is 2.34. The van der Waals surface area contributed by atoms with Crippen molar-refractivity contribution in [1.82, 2.24) is 4.98 Å². The van der Waals surface area contributed by atoms with E-state index in [2.05, 4.69) is 4.98 Å². The number of thiophene rings is 1. The quantitative estimate of drug-likeness (QED) is 0.924. The zero-order valence-corrected chi connectivity index (χ0v) is 10.2. The Morgan fingerprint density at radius 1 is 1.59 bits per heavy atom. The number of aromatic nitrogens is 1. The molecule has 2 heterocycles. The summed E-state index contributed by atoms with van der Waals surface area (Å²) < 4.78 is 5.32. The van der Waals surface area contributed by atoms with Gasteiger partial charge in [0.15, 0.2) is 0 Å². The molecule has 1 N–H and O–H groups in total. The van der Waals surface area contributed by atoms with Gasteiger partial charge in [-0.3, -0.25) is 0 Å². The molecule has 88 valence electrons. The van der Waals surface area contributed by atoms with E-state index in [1.54, 1.807) is 6.07 Å². The Kier molecular flexibility index (Phi) is 2.45. The average molecular weight is 270 g/mol. The fourth-order valence-electron chi connectivity index (χ4n) is 1.66. The van der Waals surface area contributed by atoms with Crippen LogP contribution in [0, 0.1) is 0 Å². The zero-order chi connectivity index (χ0) is 12.0. The first-order valence-corrected chi connectivity index (χ1v) is 6.40. The Morgan fingerprint density at radius 3 is 2.88 bits per heavy atom. The summed E-state index contributed by atoms with van der Waals surface area (Å²) in [5.41, 5.74) is 0.553. The minimum Gasteiger partial charge on any atom is -0.475 e. The molecule has 0 radical (unpaired) electrons. The minimum absolute atomic E-state index is 0.0491. The number of hydrogen-bond donors (Lipinski definition) is 1. The molecule has 1 aliphatic carbocycles. The van der Waals surface area contributed by atoms with Crippen LogP contribution in [-0.4, -0.2) is 16.1 Å². The van der Waals surface area contributed by atoms with Gasteiger partial charge in [0.1, 0.15) is 4.88 Å². The highest BCUT2D eigenvalue weighted by molar-refractivity contribution is 7.14. The highest BCUT2D eigenvalue weighted by Crippen LogP contribution is 2.43. The lowest BCUT2D eigenvalue weighted by atomic mass is 10.2. The SMILES string of the molecule is O=C(O)c1oc(-c2sccc2Cl)nc1C1CC1. The van der Waals surface area contributed by atoms with E-state index < -0.39 is 5.97 Å². The predicted octanol–water partition coefficient (Wildman–Crippen LogP) is 3.63. The second-order valence-electron chi connectivity index (χ2n) is 3.91. The topological polar surface area (TPSA) is 63.3 Å². The van der Waals surface area contributed by atoms with Gasteiger partial charge in [-0.05, 0) is 24.3 Å². The maximum Gasteiger partial charge on any atom is 0.373 e.